The zero-order valence-electron chi connectivity index (χ0n) is 4.85. The molecule has 58 valence electrons. The molecule has 0 amide bonds. The van der Waals surface area contributed by atoms with Crippen LogP contribution in [0, 0.1) is 0 Å². The topological polar surface area (TPSA) is 118 Å². The van der Waals surface area contributed by atoms with Crippen molar-refractivity contribution in [2.45, 2.75) is 5.28 Å². The third-order valence-electron chi connectivity index (χ3n) is 0.937. The summed E-state index contributed by atoms with van der Waals surface area (Å²) in [4.78, 5) is 10.0. The molecule has 6 nitrogen and oxygen atoms in total. The minimum absolute atomic E-state index is 1.12. The van der Waals surface area contributed by atoms with Crippen molar-refractivity contribution in [1.82, 2.24) is 0 Å². The predicted molar refractivity (Wildman–Crippen MR) is 29.9 cm³/mol. The fraction of sp³-hybridized carbons (Fsp3) is 0.667. The second kappa shape index (κ2) is 2.92. The van der Waals surface area contributed by atoms with E-state index in [1.165, 1.54) is 0 Å². The summed E-state index contributed by atoms with van der Waals surface area (Å²) in [5.74, 6) is -1.76. The van der Waals surface area contributed by atoms with Crippen LogP contribution < -0.4 is 5.73 Å². The Morgan fingerprint density at radius 1 is 1.60 bits per heavy atom. The third kappa shape index (κ3) is 1.41. The number of aliphatic carboxylic acids is 1. The summed E-state index contributed by atoms with van der Waals surface area (Å²) >= 11 is 0. The maximum Gasteiger partial charge on any atom is 0.350 e. The van der Waals surface area contributed by atoms with Crippen LogP contribution in [-0.4, -0.2) is 28.1 Å². The molecule has 0 aromatic rings. The minimum Gasteiger partial charge on any atom is -0.479 e. The second-order valence-corrected chi connectivity index (χ2v) is 2.96. The van der Waals surface area contributed by atoms with Gasteiger partial charge in [0.05, 0.1) is 6.61 Å². The molecule has 0 saturated carbocycles. The molecule has 0 aromatic heterocycles. The van der Waals surface area contributed by atoms with Crippen molar-refractivity contribution >= 4 is 13.6 Å². The molecule has 0 spiro atoms. The van der Waals surface area contributed by atoms with Crippen LogP contribution in [0.25, 0.3) is 0 Å². The quantitative estimate of drug-likeness (QED) is 0.458. The molecule has 10 heavy (non-hydrogen) atoms. The van der Waals surface area contributed by atoms with Crippen molar-refractivity contribution in [3.8, 4) is 0 Å². The van der Waals surface area contributed by atoms with E-state index in [4.69, 9.17) is 15.9 Å². The zero-order chi connectivity index (χ0) is 8.36. The van der Waals surface area contributed by atoms with Gasteiger partial charge in [-0.05, 0) is 0 Å². The zero-order valence-corrected chi connectivity index (χ0v) is 5.75. The highest BCUT2D eigenvalue weighted by molar-refractivity contribution is 7.34. The van der Waals surface area contributed by atoms with Gasteiger partial charge in [-0.3, -0.25) is 0 Å². The van der Waals surface area contributed by atoms with Crippen molar-refractivity contribution in [2.75, 3.05) is 6.61 Å². The van der Waals surface area contributed by atoms with E-state index in [1.807, 2.05) is 0 Å². The molecule has 4 N–H and O–H groups in total. The summed E-state index contributed by atoms with van der Waals surface area (Å²) in [5.41, 5.74) is 4.74. The van der Waals surface area contributed by atoms with Crippen LogP contribution in [-0.2, 0) is 13.9 Å². The standard InChI is InChI=1S/C3H6NO5P/c4-3(1-5,2(6)7)10(8)9/h5H,1,4H2,(H,6,7). The van der Waals surface area contributed by atoms with Gasteiger partial charge in [0.2, 0.25) is 5.28 Å². The van der Waals surface area contributed by atoms with Gasteiger partial charge in [0.15, 0.2) is 0 Å². The average Bonchev–Trinajstić information content (AvgIpc) is 1.85. The minimum atomic E-state index is -3.36. The van der Waals surface area contributed by atoms with Gasteiger partial charge >= 0.3 is 13.6 Å². The molecular weight excluding hydrogens is 161 g/mol. The van der Waals surface area contributed by atoms with Crippen LogP contribution in [0.5, 0.6) is 0 Å². The lowest BCUT2D eigenvalue weighted by Gasteiger charge is -2.10. The number of hydrogen-bond donors (Lipinski definition) is 3. The summed E-state index contributed by atoms with van der Waals surface area (Å²) in [7, 11) is -3.36. The van der Waals surface area contributed by atoms with Crippen molar-refractivity contribution in [3.63, 3.8) is 0 Å². The molecule has 7 heteroatoms. The van der Waals surface area contributed by atoms with Gasteiger partial charge in [-0.2, -0.15) is 0 Å². The predicted octanol–water partition coefficient (Wildman–Crippen LogP) is -1.11. The Hall–Kier alpha value is -0.710. The fourth-order valence-corrected chi connectivity index (χ4v) is 0.475. The van der Waals surface area contributed by atoms with E-state index < -0.39 is 25.5 Å². The number of carbonyl (C=O) groups is 1. The molecule has 0 radical (unpaired) electrons. The molecule has 0 aliphatic heterocycles. The largest absolute Gasteiger partial charge is 0.479 e. The van der Waals surface area contributed by atoms with Crippen molar-refractivity contribution in [3.05, 3.63) is 0 Å². The monoisotopic (exact) mass is 167 g/mol. The second-order valence-electron chi connectivity index (χ2n) is 1.64. The maximum absolute atomic E-state index is 10.1. The van der Waals surface area contributed by atoms with Crippen molar-refractivity contribution in [2.24, 2.45) is 5.73 Å². The molecule has 1 unspecified atom stereocenters. The van der Waals surface area contributed by atoms with Gasteiger partial charge < -0.3 is 15.9 Å². The Balaban J connectivity index is 4.73. The Morgan fingerprint density at radius 2 is 2.00 bits per heavy atom. The van der Waals surface area contributed by atoms with Gasteiger partial charge in [-0.15, -0.1) is 0 Å². The van der Waals surface area contributed by atoms with Gasteiger partial charge in [0.1, 0.15) is 0 Å². The van der Waals surface area contributed by atoms with E-state index in [2.05, 4.69) is 0 Å². The van der Waals surface area contributed by atoms with Gasteiger partial charge in [-0.25, -0.2) is 13.9 Å². The number of hydrogen-bond acceptors (Lipinski definition) is 5. The highest BCUT2D eigenvalue weighted by Crippen LogP contribution is 2.22. The van der Waals surface area contributed by atoms with Crippen LogP contribution in [0.3, 0.4) is 0 Å². The van der Waals surface area contributed by atoms with Crippen LogP contribution in [0.4, 0.5) is 0 Å². The summed E-state index contributed by atoms with van der Waals surface area (Å²) in [6.45, 7) is -1.12. The SMILES string of the molecule is NC(CO)(C(=O)O)P(=O)=O. The molecule has 0 saturated heterocycles. The molecule has 0 aliphatic carbocycles. The van der Waals surface area contributed by atoms with E-state index in [1.54, 1.807) is 0 Å². The summed E-state index contributed by atoms with van der Waals surface area (Å²) in [6, 6.07) is 0. The van der Waals surface area contributed by atoms with Crippen LogP contribution in [0.1, 0.15) is 0 Å². The first-order chi connectivity index (χ1) is 4.45. The first-order valence-corrected chi connectivity index (χ1v) is 3.40. The normalized spacial score (nSPS) is 15.8. The Kier molecular flexibility index (Phi) is 2.71. The van der Waals surface area contributed by atoms with Gasteiger partial charge in [0.25, 0.3) is 0 Å². The van der Waals surface area contributed by atoms with E-state index >= 15 is 0 Å². The van der Waals surface area contributed by atoms with Gasteiger partial charge in [0, 0.05) is 0 Å². The Bertz CT molecular complexity index is 203. The Morgan fingerprint density at radius 3 is 2.00 bits per heavy atom. The molecule has 0 fully saturated rings. The van der Waals surface area contributed by atoms with E-state index in [9.17, 15) is 13.9 Å². The first-order valence-electron chi connectivity index (χ1n) is 2.22. The van der Waals surface area contributed by atoms with Crippen LogP contribution >= 0.6 is 7.68 Å². The average molecular weight is 167 g/mol. The smallest absolute Gasteiger partial charge is 0.350 e. The number of carboxylic acids is 1. The summed E-state index contributed by atoms with van der Waals surface area (Å²) < 4.78 is 20.1. The highest BCUT2D eigenvalue weighted by Gasteiger charge is 2.40. The van der Waals surface area contributed by atoms with Crippen LogP contribution in [0.2, 0.25) is 0 Å². The first kappa shape index (κ1) is 9.29. The van der Waals surface area contributed by atoms with Crippen molar-refractivity contribution in [1.29, 1.82) is 0 Å². The number of rotatable bonds is 3. The molecule has 0 rings (SSSR count). The number of nitrogens with two attached hydrogens (primary N) is 1. The van der Waals surface area contributed by atoms with E-state index in [0.29, 0.717) is 0 Å². The lowest BCUT2D eigenvalue weighted by atomic mass is 10.3. The van der Waals surface area contributed by atoms with Crippen molar-refractivity contribution < 1.29 is 24.1 Å². The van der Waals surface area contributed by atoms with E-state index in [0.717, 1.165) is 0 Å². The molecular formula is C3H6NO5P. The number of aliphatic hydroxyl groups excluding tert-OH is 1. The van der Waals surface area contributed by atoms with Gasteiger partial charge in [-0.1, -0.05) is 0 Å². The molecule has 0 bridgehead atoms. The molecule has 0 aliphatic rings. The summed E-state index contributed by atoms with van der Waals surface area (Å²) in [6.07, 6.45) is 0. The third-order valence-corrected chi connectivity index (χ3v) is 1.92. The lowest BCUT2D eigenvalue weighted by Crippen LogP contribution is -2.46. The number of aliphatic hydroxyl groups is 1. The molecule has 0 aromatic carbocycles. The van der Waals surface area contributed by atoms with E-state index in [-0.39, 0.29) is 0 Å². The number of carboxylic acid groups (broad SMARTS) is 1. The van der Waals surface area contributed by atoms with Crippen LogP contribution in [0.15, 0.2) is 0 Å². The molecule has 0 heterocycles. The lowest BCUT2D eigenvalue weighted by molar-refractivity contribution is -0.141. The molecule has 1 atom stereocenters. The Labute approximate surface area is 56.5 Å². The highest BCUT2D eigenvalue weighted by atomic mass is 31.1. The maximum atomic E-state index is 10.1. The fourth-order valence-electron chi connectivity index (χ4n) is 0.203. The summed E-state index contributed by atoms with van der Waals surface area (Å²) in [5, 5.41) is 13.8.